The van der Waals surface area contributed by atoms with Crippen molar-refractivity contribution >= 4 is 29.4 Å². The Morgan fingerprint density at radius 2 is 2.40 bits per heavy atom. The largest absolute Gasteiger partial charge is 0.462 e. The number of amides is 1. The minimum absolute atomic E-state index is 0.0461. The zero-order chi connectivity index (χ0) is 14.7. The van der Waals surface area contributed by atoms with E-state index in [-0.39, 0.29) is 6.61 Å². The second-order valence-electron chi connectivity index (χ2n) is 3.91. The third-order valence-corrected chi connectivity index (χ3v) is 3.58. The second-order valence-corrected chi connectivity index (χ2v) is 5.10. The van der Waals surface area contributed by atoms with Gasteiger partial charge in [0.25, 0.3) is 5.78 Å². The van der Waals surface area contributed by atoms with Gasteiger partial charge in [0.15, 0.2) is 6.23 Å². The van der Waals surface area contributed by atoms with E-state index in [2.05, 4.69) is 10.3 Å². The van der Waals surface area contributed by atoms with E-state index in [9.17, 15) is 14.4 Å². The molecule has 106 valence electrons. The van der Waals surface area contributed by atoms with Gasteiger partial charge in [0.2, 0.25) is 6.04 Å². The van der Waals surface area contributed by atoms with Gasteiger partial charge in [0, 0.05) is 12.7 Å². The molecule has 2 rings (SSSR count). The maximum atomic E-state index is 11.8. The zero-order valence-electron chi connectivity index (χ0n) is 10.4. The topological polar surface area (TPSA) is 121 Å². The number of esters is 1. The van der Waals surface area contributed by atoms with Crippen LogP contribution in [0, 0.1) is 11.3 Å². The Morgan fingerprint density at radius 3 is 3.05 bits per heavy atom. The van der Waals surface area contributed by atoms with Gasteiger partial charge in [-0.1, -0.05) is 5.22 Å². The molecule has 3 atom stereocenters. The first-order valence-corrected chi connectivity index (χ1v) is 6.66. The first-order valence-electron chi connectivity index (χ1n) is 5.61. The number of Topliss-reactive ketones (excluding diaryl/α,β-unsaturated/α-hetero) is 1. The molecule has 3 unspecified atom stereocenters. The summed E-state index contributed by atoms with van der Waals surface area (Å²) in [4.78, 5) is 34.0. The fourth-order valence-electron chi connectivity index (χ4n) is 1.55. The third kappa shape index (κ3) is 2.94. The smallest absolute Gasteiger partial charge is 0.317 e. The molecule has 0 bridgehead atoms. The molecule has 1 saturated heterocycles. The Labute approximate surface area is 117 Å². The van der Waals surface area contributed by atoms with Gasteiger partial charge in [0.1, 0.15) is 18.1 Å². The predicted molar refractivity (Wildman–Crippen MR) is 63.9 cm³/mol. The molecule has 0 aromatic heterocycles. The van der Waals surface area contributed by atoms with E-state index in [0.717, 1.165) is 5.01 Å². The Hall–Kier alpha value is -1.99. The van der Waals surface area contributed by atoms with Gasteiger partial charge in [0.05, 0.1) is 0 Å². The summed E-state index contributed by atoms with van der Waals surface area (Å²) in [6, 6.07) is 0.191. The summed E-state index contributed by atoms with van der Waals surface area (Å²) in [7, 11) is 0. The molecular weight excluding hydrogens is 288 g/mol. The first-order chi connectivity index (χ1) is 9.52. The van der Waals surface area contributed by atoms with E-state index in [0.29, 0.717) is 5.75 Å². The average Bonchev–Trinajstić information content (AvgIpc) is 2.88. The summed E-state index contributed by atoms with van der Waals surface area (Å²) in [5.41, 5.74) is -0.435. The minimum Gasteiger partial charge on any atom is -0.462 e. The maximum Gasteiger partial charge on any atom is 0.317 e. The van der Waals surface area contributed by atoms with Gasteiger partial charge >= 0.3 is 11.9 Å². The number of nitriles is 1. The summed E-state index contributed by atoms with van der Waals surface area (Å²) >= 11 is 1.32. The lowest BCUT2D eigenvalue weighted by atomic mass is 10.2. The van der Waals surface area contributed by atoms with Gasteiger partial charge in [-0.25, -0.2) is 0 Å². The van der Waals surface area contributed by atoms with Crippen LogP contribution in [-0.2, 0) is 23.9 Å². The van der Waals surface area contributed by atoms with Gasteiger partial charge in [-0.05, 0) is 0 Å². The van der Waals surface area contributed by atoms with Gasteiger partial charge in [-0.15, -0.1) is 16.9 Å². The number of rotatable bonds is 3. The monoisotopic (exact) mass is 298 g/mol. The van der Waals surface area contributed by atoms with E-state index < -0.39 is 35.4 Å². The van der Waals surface area contributed by atoms with Gasteiger partial charge in [-0.3, -0.25) is 14.4 Å². The molecule has 2 aliphatic rings. The van der Waals surface area contributed by atoms with Crippen molar-refractivity contribution in [2.75, 3.05) is 12.4 Å². The normalized spacial score (nSPS) is 29.4. The lowest BCUT2D eigenvalue weighted by molar-refractivity contribution is -0.159. The molecule has 0 aromatic carbocycles. The Balaban J connectivity index is 1.97. The Kier molecular flexibility index (Phi) is 4.31. The van der Waals surface area contributed by atoms with Crippen molar-refractivity contribution in [2.45, 2.75) is 24.6 Å². The highest BCUT2D eigenvalue weighted by Crippen LogP contribution is 2.29. The summed E-state index contributed by atoms with van der Waals surface area (Å²) in [5.74, 6) is -1.93. The predicted octanol–water partition coefficient (Wildman–Crippen LogP) is -0.364. The van der Waals surface area contributed by atoms with Crippen LogP contribution in [0.1, 0.15) is 6.92 Å². The molecule has 10 heteroatoms. The molecule has 20 heavy (non-hydrogen) atoms. The molecule has 0 N–H and O–H groups in total. The van der Waals surface area contributed by atoms with Crippen molar-refractivity contribution in [2.24, 2.45) is 10.3 Å². The summed E-state index contributed by atoms with van der Waals surface area (Å²) in [6.07, 6.45) is -0.764. The first kappa shape index (κ1) is 14.4. The second kappa shape index (κ2) is 5.98. The van der Waals surface area contributed by atoms with Crippen molar-refractivity contribution in [3.63, 3.8) is 0 Å². The fourth-order valence-corrected chi connectivity index (χ4v) is 2.52. The van der Waals surface area contributed by atoms with Crippen molar-refractivity contribution in [3.8, 4) is 6.07 Å². The van der Waals surface area contributed by atoms with Crippen LogP contribution >= 0.6 is 11.8 Å². The van der Waals surface area contributed by atoms with Crippen LogP contribution in [0.3, 0.4) is 0 Å². The number of hydrogen-bond donors (Lipinski definition) is 0. The van der Waals surface area contributed by atoms with Crippen LogP contribution in [-0.4, -0.2) is 52.7 Å². The average molecular weight is 298 g/mol. The maximum absolute atomic E-state index is 11.8. The van der Waals surface area contributed by atoms with Gasteiger partial charge < -0.3 is 9.47 Å². The van der Waals surface area contributed by atoms with E-state index in [1.165, 1.54) is 18.7 Å². The molecule has 1 fully saturated rings. The molecule has 2 heterocycles. The van der Waals surface area contributed by atoms with Crippen LogP contribution in [0.4, 0.5) is 0 Å². The van der Waals surface area contributed by atoms with Crippen LogP contribution in [0.15, 0.2) is 10.3 Å². The lowest BCUT2D eigenvalue weighted by Gasteiger charge is -2.24. The molecule has 1 amide bonds. The Bertz CT molecular complexity index is 516. The summed E-state index contributed by atoms with van der Waals surface area (Å²) in [6.45, 7) is 1.32. The summed E-state index contributed by atoms with van der Waals surface area (Å²) in [5, 5.41) is 16.4. The third-order valence-electron chi connectivity index (χ3n) is 2.48. The van der Waals surface area contributed by atoms with Crippen LogP contribution in [0.25, 0.3) is 0 Å². The molecule has 0 aliphatic carbocycles. The van der Waals surface area contributed by atoms with Crippen LogP contribution in [0.5, 0.6) is 0 Å². The number of ketones is 1. The molecule has 0 aromatic rings. The molecule has 0 saturated carbocycles. The van der Waals surface area contributed by atoms with Gasteiger partial charge in [-0.2, -0.15) is 10.3 Å². The van der Waals surface area contributed by atoms with Crippen molar-refractivity contribution in [1.82, 2.24) is 5.01 Å². The van der Waals surface area contributed by atoms with E-state index in [1.54, 1.807) is 6.07 Å². The fraction of sp³-hybridized carbons (Fsp3) is 0.600. The molecule has 0 spiro atoms. The van der Waals surface area contributed by atoms with E-state index >= 15 is 0 Å². The number of carbonyl (C=O) groups excluding carboxylic acids is 3. The van der Waals surface area contributed by atoms with E-state index in [4.69, 9.17) is 14.7 Å². The number of ether oxygens (including phenoxy) is 2. The number of carbonyl (C=O) groups is 3. The highest BCUT2D eigenvalue weighted by Gasteiger charge is 2.41. The van der Waals surface area contributed by atoms with Crippen molar-refractivity contribution < 1.29 is 23.9 Å². The number of nitrogens with zero attached hydrogens (tertiary/aromatic N) is 4. The summed E-state index contributed by atoms with van der Waals surface area (Å²) < 4.78 is 10.2. The molecule has 9 nitrogen and oxygen atoms in total. The Morgan fingerprint density at radius 1 is 1.65 bits per heavy atom. The molecular formula is C10H10N4O5S. The lowest BCUT2D eigenvalue weighted by Crippen LogP contribution is -2.47. The highest BCUT2D eigenvalue weighted by atomic mass is 32.2. The minimum atomic E-state index is -1.38. The number of thioether (sulfide) groups is 1. The van der Waals surface area contributed by atoms with Crippen LogP contribution < -0.4 is 0 Å². The van der Waals surface area contributed by atoms with E-state index in [1.807, 2.05) is 0 Å². The van der Waals surface area contributed by atoms with Crippen LogP contribution in [0.2, 0.25) is 0 Å². The quantitative estimate of drug-likeness (QED) is 0.515. The standard InChI is InChI=1S/C10H10N4O5S/c1-5(15)18-3-8-19-7(4-20-8)14-10(17)9(16)6(2-11)12-13-14/h6-8H,3-4H2,1H3. The van der Waals surface area contributed by atoms with Crippen molar-refractivity contribution in [1.29, 1.82) is 5.26 Å². The number of hydrogen-bond acceptors (Lipinski definition) is 9. The zero-order valence-corrected chi connectivity index (χ0v) is 11.2. The van der Waals surface area contributed by atoms with Crippen molar-refractivity contribution in [3.05, 3.63) is 0 Å². The molecule has 0 radical (unpaired) electrons. The SMILES string of the molecule is CC(=O)OCC1OC(N2N=NC(C#N)C(=O)C2=O)CS1. The highest BCUT2D eigenvalue weighted by molar-refractivity contribution is 8.00. The molecule has 2 aliphatic heterocycles.